The summed E-state index contributed by atoms with van der Waals surface area (Å²) in [6.45, 7) is 4.30. The van der Waals surface area contributed by atoms with Crippen molar-refractivity contribution >= 4 is 5.91 Å². The predicted octanol–water partition coefficient (Wildman–Crippen LogP) is 15.4. The Morgan fingerprint density at radius 2 is 0.698 bits per heavy atom. The molecule has 0 saturated carbocycles. The number of carbonyl (C=O) groups is 1. The third-order valence-corrected chi connectivity index (χ3v) is 11.5. The van der Waals surface area contributed by atoms with E-state index in [4.69, 9.17) is 0 Å². The van der Waals surface area contributed by atoms with Crippen molar-refractivity contribution in [2.75, 3.05) is 6.61 Å². The molecule has 53 heavy (non-hydrogen) atoms. The maximum Gasteiger partial charge on any atom is 0.220 e. The third kappa shape index (κ3) is 42.1. The molecule has 2 atom stereocenters. The summed E-state index contributed by atoms with van der Waals surface area (Å²) in [4.78, 5) is 12.3. The van der Waals surface area contributed by atoms with Crippen LogP contribution >= 0.6 is 0 Å². The largest absolute Gasteiger partial charge is 0.394 e. The van der Waals surface area contributed by atoms with Gasteiger partial charge in [-0.15, -0.1) is 0 Å². The van der Waals surface area contributed by atoms with E-state index >= 15 is 0 Å². The van der Waals surface area contributed by atoms with E-state index in [1.54, 1.807) is 6.08 Å². The van der Waals surface area contributed by atoms with Gasteiger partial charge in [-0.05, 0) is 19.3 Å². The molecule has 0 rings (SSSR count). The molecular weight excluding hydrogens is 651 g/mol. The summed E-state index contributed by atoms with van der Waals surface area (Å²) in [7, 11) is 0. The van der Waals surface area contributed by atoms with Crippen LogP contribution in [0.15, 0.2) is 12.2 Å². The van der Waals surface area contributed by atoms with Gasteiger partial charge in [-0.2, -0.15) is 0 Å². The molecule has 0 saturated heterocycles. The summed E-state index contributed by atoms with van der Waals surface area (Å²) >= 11 is 0. The Hall–Kier alpha value is -0.870. The van der Waals surface area contributed by atoms with E-state index in [0.29, 0.717) is 6.42 Å². The quantitative estimate of drug-likeness (QED) is 0.0429. The molecule has 2 unspecified atom stereocenters. The lowest BCUT2D eigenvalue weighted by Crippen LogP contribution is -2.45. The molecule has 4 heteroatoms. The zero-order valence-corrected chi connectivity index (χ0v) is 36.3. The average molecular weight is 748 g/mol. The Morgan fingerprint density at radius 1 is 0.434 bits per heavy atom. The van der Waals surface area contributed by atoms with Gasteiger partial charge in [0.25, 0.3) is 0 Å². The number of unbranched alkanes of at least 4 members (excludes halogenated alkanes) is 38. The highest BCUT2D eigenvalue weighted by Gasteiger charge is 2.18. The van der Waals surface area contributed by atoms with Crippen molar-refractivity contribution in [2.24, 2.45) is 0 Å². The van der Waals surface area contributed by atoms with E-state index in [2.05, 4.69) is 19.2 Å². The van der Waals surface area contributed by atoms with Crippen LogP contribution < -0.4 is 5.32 Å². The summed E-state index contributed by atoms with van der Waals surface area (Å²) in [5, 5.41) is 23.0. The topological polar surface area (TPSA) is 69.6 Å². The third-order valence-electron chi connectivity index (χ3n) is 11.5. The molecule has 3 N–H and O–H groups in total. The Kier molecular flexibility index (Phi) is 44.8. The van der Waals surface area contributed by atoms with Crippen molar-refractivity contribution < 1.29 is 15.0 Å². The highest BCUT2D eigenvalue weighted by Crippen LogP contribution is 2.17. The van der Waals surface area contributed by atoms with E-state index in [9.17, 15) is 15.0 Å². The molecule has 316 valence electrons. The minimum atomic E-state index is -0.833. The van der Waals surface area contributed by atoms with Crippen molar-refractivity contribution in [3.8, 4) is 0 Å². The number of aliphatic hydroxyl groups is 2. The van der Waals surface area contributed by atoms with Gasteiger partial charge in [0.2, 0.25) is 5.91 Å². The fraction of sp³-hybridized carbons (Fsp3) is 0.939. The molecule has 0 bridgehead atoms. The lowest BCUT2D eigenvalue weighted by molar-refractivity contribution is -0.123. The van der Waals surface area contributed by atoms with Crippen LogP contribution in [0.5, 0.6) is 0 Å². The van der Waals surface area contributed by atoms with Crippen molar-refractivity contribution in [2.45, 2.75) is 289 Å². The van der Waals surface area contributed by atoms with Crippen LogP contribution in [0.4, 0.5) is 0 Å². The van der Waals surface area contributed by atoms with E-state index in [1.165, 1.54) is 231 Å². The van der Waals surface area contributed by atoms with Gasteiger partial charge in [-0.25, -0.2) is 0 Å². The first-order valence-electron chi connectivity index (χ1n) is 24.4. The number of carbonyl (C=O) groups excluding carboxylic acids is 1. The molecule has 0 heterocycles. The number of aliphatic hydroxyl groups excluding tert-OH is 2. The first-order chi connectivity index (χ1) is 26.2. The van der Waals surface area contributed by atoms with Gasteiger partial charge in [0.1, 0.15) is 0 Å². The van der Waals surface area contributed by atoms with Gasteiger partial charge in [0.05, 0.1) is 18.8 Å². The maximum atomic E-state index is 12.3. The van der Waals surface area contributed by atoms with Crippen molar-refractivity contribution in [1.29, 1.82) is 0 Å². The van der Waals surface area contributed by atoms with Crippen LogP contribution in [0.3, 0.4) is 0 Å². The summed E-state index contributed by atoms with van der Waals surface area (Å²) in [5.41, 5.74) is 0. The van der Waals surface area contributed by atoms with E-state index < -0.39 is 12.1 Å². The Labute approximate surface area is 333 Å². The van der Waals surface area contributed by atoms with E-state index in [0.717, 1.165) is 25.7 Å². The standard InChI is InChI=1S/C49H97NO3/c1-3-5-7-9-11-13-14-15-16-17-18-19-20-21-22-23-24-25-26-27-28-29-30-31-32-33-34-35-37-38-40-42-44-48(52)47(46-51)50-49(53)45-43-41-39-36-12-10-8-6-4-2/h42,44,47-48,51-52H,3-41,43,45-46H2,1-2H3,(H,50,53)/b44-42+. The maximum absolute atomic E-state index is 12.3. The molecule has 0 aromatic carbocycles. The second kappa shape index (κ2) is 45.5. The SMILES string of the molecule is CCCCCCCCCCCCCCCCCCCCCCCCCCCCCCCC/C=C/C(O)C(CO)NC(=O)CCCCCCCCCCC. The second-order valence-electron chi connectivity index (χ2n) is 16.9. The lowest BCUT2D eigenvalue weighted by atomic mass is 10.0. The number of allylic oxidation sites excluding steroid dienone is 1. The van der Waals surface area contributed by atoms with Crippen molar-refractivity contribution in [3.05, 3.63) is 12.2 Å². The molecule has 1 amide bonds. The van der Waals surface area contributed by atoms with Gasteiger partial charge in [0, 0.05) is 6.42 Å². The lowest BCUT2D eigenvalue weighted by Gasteiger charge is -2.20. The Bertz CT molecular complexity index is 725. The number of amides is 1. The molecule has 0 fully saturated rings. The smallest absolute Gasteiger partial charge is 0.220 e. The van der Waals surface area contributed by atoms with Crippen LogP contribution in [0, 0.1) is 0 Å². The fourth-order valence-electron chi connectivity index (χ4n) is 7.77. The predicted molar refractivity (Wildman–Crippen MR) is 235 cm³/mol. The molecular formula is C49H97NO3. The Balaban J connectivity index is 3.38. The van der Waals surface area contributed by atoms with E-state index in [1.807, 2.05) is 6.08 Å². The van der Waals surface area contributed by atoms with Crippen LogP contribution in [0.2, 0.25) is 0 Å². The summed E-state index contributed by atoms with van der Waals surface area (Å²) < 4.78 is 0. The zero-order valence-electron chi connectivity index (χ0n) is 36.3. The monoisotopic (exact) mass is 748 g/mol. The molecule has 0 radical (unpaired) electrons. The summed E-state index contributed by atoms with van der Waals surface area (Å²) in [5.74, 6) is -0.0644. The van der Waals surface area contributed by atoms with Gasteiger partial charge in [0.15, 0.2) is 0 Å². The molecule has 0 aliphatic rings. The molecule has 0 aromatic rings. The fourth-order valence-corrected chi connectivity index (χ4v) is 7.77. The van der Waals surface area contributed by atoms with Crippen LogP contribution in [-0.2, 0) is 4.79 Å². The highest BCUT2D eigenvalue weighted by atomic mass is 16.3. The van der Waals surface area contributed by atoms with Crippen LogP contribution in [0.1, 0.15) is 277 Å². The number of hydrogen-bond acceptors (Lipinski definition) is 3. The Morgan fingerprint density at radius 3 is 0.981 bits per heavy atom. The number of nitrogens with one attached hydrogen (secondary N) is 1. The van der Waals surface area contributed by atoms with Gasteiger partial charge >= 0.3 is 0 Å². The molecule has 4 nitrogen and oxygen atoms in total. The number of hydrogen-bond donors (Lipinski definition) is 3. The summed E-state index contributed by atoms with van der Waals surface area (Å²) in [6.07, 6.45) is 58.0. The normalized spacial score (nSPS) is 12.9. The van der Waals surface area contributed by atoms with E-state index in [-0.39, 0.29) is 12.5 Å². The van der Waals surface area contributed by atoms with Crippen LogP contribution in [0.25, 0.3) is 0 Å². The molecule has 0 aliphatic heterocycles. The minimum absolute atomic E-state index is 0.0644. The van der Waals surface area contributed by atoms with Crippen LogP contribution in [-0.4, -0.2) is 34.9 Å². The zero-order chi connectivity index (χ0) is 38.6. The van der Waals surface area contributed by atoms with Crippen molar-refractivity contribution in [1.82, 2.24) is 5.32 Å². The van der Waals surface area contributed by atoms with Gasteiger partial charge < -0.3 is 15.5 Å². The highest BCUT2D eigenvalue weighted by molar-refractivity contribution is 5.76. The van der Waals surface area contributed by atoms with Gasteiger partial charge in [-0.3, -0.25) is 4.79 Å². The van der Waals surface area contributed by atoms with Crippen molar-refractivity contribution in [3.63, 3.8) is 0 Å². The second-order valence-corrected chi connectivity index (χ2v) is 16.9. The first kappa shape index (κ1) is 52.1. The number of rotatable bonds is 45. The summed E-state index contributed by atoms with van der Waals surface area (Å²) in [6, 6.07) is -0.615. The molecule has 0 spiro atoms. The van der Waals surface area contributed by atoms with Gasteiger partial charge in [-0.1, -0.05) is 264 Å². The average Bonchev–Trinajstić information content (AvgIpc) is 3.16. The first-order valence-corrected chi connectivity index (χ1v) is 24.4. The molecule has 0 aliphatic carbocycles. The minimum Gasteiger partial charge on any atom is -0.394 e. The molecule has 0 aromatic heterocycles.